The molecule has 0 unspecified atom stereocenters. The molecule has 0 radical (unpaired) electrons. The monoisotopic (exact) mass is 314 g/mol. The van der Waals surface area contributed by atoms with Crippen LogP contribution >= 0.6 is 11.3 Å². The fraction of sp³-hybridized carbons (Fsp3) is 0.571. The normalized spacial score (nSPS) is 12.0. The maximum atomic E-state index is 12.5. The van der Waals surface area contributed by atoms with E-state index in [0.717, 1.165) is 12.0 Å². The summed E-state index contributed by atoms with van der Waals surface area (Å²) in [5.41, 5.74) is 0.986. The maximum Gasteiger partial charge on any atom is 0.253 e. The van der Waals surface area contributed by atoms with Gasteiger partial charge in [0.1, 0.15) is 4.21 Å². The zero-order chi connectivity index (χ0) is 15.2. The Balaban J connectivity index is 2.89. The fourth-order valence-electron chi connectivity index (χ4n) is 1.67. The number of rotatable bonds is 8. The second-order valence-electron chi connectivity index (χ2n) is 4.85. The molecule has 1 heterocycles. The average molecular weight is 314 g/mol. The number of thiophene rings is 1. The first kappa shape index (κ1) is 17.2. The van der Waals surface area contributed by atoms with E-state index >= 15 is 0 Å². The molecular weight excluding hydrogens is 292 g/mol. The van der Waals surface area contributed by atoms with Gasteiger partial charge in [0.15, 0.2) is 0 Å². The molecule has 4 nitrogen and oxygen atoms in total. The van der Waals surface area contributed by atoms with Crippen molar-refractivity contribution in [1.82, 2.24) is 9.62 Å². The van der Waals surface area contributed by atoms with Crippen molar-refractivity contribution in [2.75, 3.05) is 13.1 Å². The van der Waals surface area contributed by atoms with Gasteiger partial charge in [0, 0.05) is 19.1 Å². The Bertz CT molecular complexity index is 556. The van der Waals surface area contributed by atoms with E-state index < -0.39 is 10.0 Å². The molecule has 1 rings (SSSR count). The van der Waals surface area contributed by atoms with E-state index in [-0.39, 0.29) is 6.54 Å². The van der Waals surface area contributed by atoms with E-state index in [1.165, 1.54) is 15.6 Å². The van der Waals surface area contributed by atoms with Gasteiger partial charge in [0.25, 0.3) is 10.0 Å². The SMILES string of the molecule is C#CCN(CCC)S(=O)(=O)c1cc(CNC(C)C)cs1. The van der Waals surface area contributed by atoms with Crippen LogP contribution in [0.4, 0.5) is 0 Å². The van der Waals surface area contributed by atoms with Gasteiger partial charge in [-0.1, -0.05) is 26.7 Å². The van der Waals surface area contributed by atoms with Crippen LogP contribution in [0.25, 0.3) is 0 Å². The summed E-state index contributed by atoms with van der Waals surface area (Å²) in [7, 11) is -3.46. The lowest BCUT2D eigenvalue weighted by atomic mass is 10.3. The lowest BCUT2D eigenvalue weighted by Crippen LogP contribution is -2.31. The third-order valence-corrected chi connectivity index (χ3v) is 5.99. The van der Waals surface area contributed by atoms with Crippen LogP contribution < -0.4 is 5.32 Å². The first-order chi connectivity index (χ1) is 9.41. The Morgan fingerprint density at radius 2 is 2.20 bits per heavy atom. The molecule has 0 aliphatic heterocycles. The number of terminal acetylenes is 1. The van der Waals surface area contributed by atoms with E-state index in [1.54, 1.807) is 6.07 Å². The van der Waals surface area contributed by atoms with Gasteiger partial charge in [-0.15, -0.1) is 17.8 Å². The zero-order valence-corrected chi connectivity index (χ0v) is 13.9. The van der Waals surface area contributed by atoms with Crippen molar-refractivity contribution < 1.29 is 8.42 Å². The molecule has 0 spiro atoms. The summed E-state index contributed by atoms with van der Waals surface area (Å²) in [4.78, 5) is 0. The minimum absolute atomic E-state index is 0.119. The number of sulfonamides is 1. The lowest BCUT2D eigenvalue weighted by Gasteiger charge is -2.17. The van der Waals surface area contributed by atoms with Crippen LogP contribution in [0.1, 0.15) is 32.8 Å². The van der Waals surface area contributed by atoms with Gasteiger partial charge in [-0.25, -0.2) is 8.42 Å². The molecule has 1 N–H and O–H groups in total. The van der Waals surface area contributed by atoms with E-state index in [1.807, 2.05) is 12.3 Å². The number of hydrogen-bond donors (Lipinski definition) is 1. The van der Waals surface area contributed by atoms with Crippen molar-refractivity contribution in [3.63, 3.8) is 0 Å². The van der Waals surface area contributed by atoms with Gasteiger partial charge in [-0.2, -0.15) is 4.31 Å². The Kier molecular flexibility index (Phi) is 6.69. The van der Waals surface area contributed by atoms with Crippen LogP contribution in [-0.2, 0) is 16.6 Å². The Morgan fingerprint density at radius 1 is 1.50 bits per heavy atom. The molecule has 0 aromatic carbocycles. The van der Waals surface area contributed by atoms with Gasteiger partial charge in [-0.05, 0) is 23.4 Å². The van der Waals surface area contributed by atoms with Crippen molar-refractivity contribution in [3.8, 4) is 12.3 Å². The number of nitrogens with one attached hydrogen (secondary N) is 1. The Hall–Kier alpha value is -0.870. The largest absolute Gasteiger partial charge is 0.310 e. The van der Waals surface area contributed by atoms with Gasteiger partial charge in [0.2, 0.25) is 0 Å². The summed E-state index contributed by atoms with van der Waals surface area (Å²) >= 11 is 1.25. The second kappa shape index (κ2) is 7.79. The topological polar surface area (TPSA) is 49.4 Å². The van der Waals surface area contributed by atoms with E-state index in [0.29, 0.717) is 23.3 Å². The molecule has 0 bridgehead atoms. The Morgan fingerprint density at radius 3 is 2.75 bits per heavy atom. The summed E-state index contributed by atoms with van der Waals surface area (Å²) in [6.45, 7) is 7.29. The summed E-state index contributed by atoms with van der Waals surface area (Å²) in [5, 5.41) is 5.15. The highest BCUT2D eigenvalue weighted by molar-refractivity contribution is 7.91. The molecule has 0 atom stereocenters. The van der Waals surface area contributed by atoms with Crippen molar-refractivity contribution >= 4 is 21.4 Å². The van der Waals surface area contributed by atoms with Crippen molar-refractivity contribution in [2.45, 2.75) is 44.0 Å². The molecule has 1 aromatic rings. The quantitative estimate of drug-likeness (QED) is 0.749. The molecule has 6 heteroatoms. The minimum Gasteiger partial charge on any atom is -0.310 e. The van der Waals surface area contributed by atoms with Crippen LogP contribution in [0.5, 0.6) is 0 Å². The van der Waals surface area contributed by atoms with E-state index in [9.17, 15) is 8.42 Å². The summed E-state index contributed by atoms with van der Waals surface area (Å²) in [6.07, 6.45) is 6.00. The highest BCUT2D eigenvalue weighted by Crippen LogP contribution is 2.24. The molecule has 0 aliphatic rings. The molecule has 20 heavy (non-hydrogen) atoms. The van der Waals surface area contributed by atoms with Gasteiger partial charge in [-0.3, -0.25) is 0 Å². The number of hydrogen-bond acceptors (Lipinski definition) is 4. The summed E-state index contributed by atoms with van der Waals surface area (Å²) in [5.74, 6) is 2.41. The first-order valence-electron chi connectivity index (χ1n) is 6.66. The van der Waals surface area contributed by atoms with Crippen LogP contribution in [0.2, 0.25) is 0 Å². The molecule has 0 fully saturated rings. The standard InChI is InChI=1S/C14H22N2O2S2/c1-5-7-16(8-6-2)20(17,18)14-9-13(11-19-14)10-15-12(3)4/h1,9,11-12,15H,6-8,10H2,2-4H3. The molecule has 0 saturated heterocycles. The second-order valence-corrected chi connectivity index (χ2v) is 7.93. The van der Waals surface area contributed by atoms with Crippen LogP contribution in [0, 0.1) is 12.3 Å². The molecule has 1 aromatic heterocycles. The van der Waals surface area contributed by atoms with E-state index in [2.05, 4.69) is 25.1 Å². The molecule has 0 saturated carbocycles. The van der Waals surface area contributed by atoms with Gasteiger partial charge in [0.05, 0.1) is 6.54 Å². The smallest absolute Gasteiger partial charge is 0.253 e. The van der Waals surface area contributed by atoms with Crippen molar-refractivity contribution in [3.05, 3.63) is 17.0 Å². The molecule has 0 aliphatic carbocycles. The number of nitrogens with zero attached hydrogens (tertiary/aromatic N) is 1. The predicted octanol–water partition coefficient (Wildman–Crippen LogP) is 2.28. The lowest BCUT2D eigenvalue weighted by molar-refractivity contribution is 0.447. The zero-order valence-electron chi connectivity index (χ0n) is 12.2. The van der Waals surface area contributed by atoms with Crippen LogP contribution in [-0.4, -0.2) is 31.9 Å². The predicted molar refractivity (Wildman–Crippen MR) is 84.2 cm³/mol. The first-order valence-corrected chi connectivity index (χ1v) is 8.98. The molecule has 112 valence electrons. The third-order valence-electron chi connectivity index (χ3n) is 2.68. The third kappa shape index (κ3) is 4.60. The van der Waals surface area contributed by atoms with Crippen LogP contribution in [0.3, 0.4) is 0 Å². The highest BCUT2D eigenvalue weighted by atomic mass is 32.2. The van der Waals surface area contributed by atoms with Gasteiger partial charge >= 0.3 is 0 Å². The highest BCUT2D eigenvalue weighted by Gasteiger charge is 2.24. The minimum atomic E-state index is -3.46. The molecule has 0 amide bonds. The maximum absolute atomic E-state index is 12.5. The van der Waals surface area contributed by atoms with Gasteiger partial charge < -0.3 is 5.32 Å². The van der Waals surface area contributed by atoms with Crippen molar-refractivity contribution in [2.24, 2.45) is 0 Å². The van der Waals surface area contributed by atoms with E-state index in [4.69, 9.17) is 6.42 Å². The summed E-state index contributed by atoms with van der Waals surface area (Å²) in [6, 6.07) is 2.10. The van der Waals surface area contributed by atoms with Crippen molar-refractivity contribution in [1.29, 1.82) is 0 Å². The average Bonchev–Trinajstić information content (AvgIpc) is 2.85. The van der Waals surface area contributed by atoms with Crippen LogP contribution in [0.15, 0.2) is 15.7 Å². The summed E-state index contributed by atoms with van der Waals surface area (Å²) < 4.78 is 26.7. The Labute approximate surface area is 126 Å². The molecular formula is C14H22N2O2S2. The fourth-order valence-corrected chi connectivity index (χ4v) is 4.47.